The quantitative estimate of drug-likeness (QED) is 0.910. The molecule has 1 aromatic carbocycles. The zero-order valence-corrected chi connectivity index (χ0v) is 10.9. The zero-order chi connectivity index (χ0) is 12.5. The second-order valence-corrected chi connectivity index (χ2v) is 5.02. The van der Waals surface area contributed by atoms with Gasteiger partial charge >= 0.3 is 0 Å². The fourth-order valence-electron chi connectivity index (χ4n) is 1.56. The highest BCUT2D eigenvalue weighted by molar-refractivity contribution is 9.10. The van der Waals surface area contributed by atoms with E-state index in [1.807, 2.05) is 31.2 Å². The van der Waals surface area contributed by atoms with E-state index >= 15 is 0 Å². The Balaban J connectivity index is 2.16. The molecule has 0 spiro atoms. The molecular weight excluding hydrogens is 284 g/mol. The maximum Gasteiger partial charge on any atom is 0.249 e. The van der Waals surface area contributed by atoms with Crippen LogP contribution in [0.1, 0.15) is 5.56 Å². The first-order valence-corrected chi connectivity index (χ1v) is 5.93. The van der Waals surface area contributed by atoms with Gasteiger partial charge in [-0.25, -0.2) is 0 Å². The van der Waals surface area contributed by atoms with Crippen LogP contribution in [0.25, 0.3) is 0 Å². The summed E-state index contributed by atoms with van der Waals surface area (Å²) in [4.78, 5) is 12.0. The topological polar surface area (TPSA) is 62.1 Å². The number of carbonyl (C=O) groups is 1. The molecule has 1 fully saturated rings. The van der Waals surface area contributed by atoms with Gasteiger partial charge in [-0.15, -0.1) is 0 Å². The number of hydrogen-bond acceptors (Lipinski definition) is 3. The van der Waals surface area contributed by atoms with E-state index < -0.39 is 5.41 Å². The Morgan fingerprint density at radius 3 is 2.76 bits per heavy atom. The van der Waals surface area contributed by atoms with Crippen LogP contribution in [0, 0.1) is 23.7 Å². The highest BCUT2D eigenvalue weighted by Crippen LogP contribution is 2.29. The van der Waals surface area contributed by atoms with Crippen molar-refractivity contribution >= 4 is 27.5 Å². The second-order valence-electron chi connectivity index (χ2n) is 4.10. The molecule has 1 heterocycles. The number of halogens is 1. The third kappa shape index (κ3) is 2.19. The summed E-state index contributed by atoms with van der Waals surface area (Å²) in [5.74, 6) is -0.295. The maximum atomic E-state index is 12.0. The average Bonchev–Trinajstić information content (AvgIpc) is 2.21. The van der Waals surface area contributed by atoms with Gasteiger partial charge in [0, 0.05) is 10.2 Å². The van der Waals surface area contributed by atoms with Gasteiger partial charge in [0.25, 0.3) is 0 Å². The SMILES string of the molecule is Cc1cc(Br)ccc1NC(=O)C1(C#N)COC1. The van der Waals surface area contributed by atoms with Gasteiger partial charge in [-0.05, 0) is 30.7 Å². The summed E-state index contributed by atoms with van der Waals surface area (Å²) in [6.45, 7) is 2.24. The monoisotopic (exact) mass is 294 g/mol. The predicted molar refractivity (Wildman–Crippen MR) is 66.4 cm³/mol. The van der Waals surface area contributed by atoms with Gasteiger partial charge in [-0.2, -0.15) is 5.26 Å². The zero-order valence-electron chi connectivity index (χ0n) is 9.29. The van der Waals surface area contributed by atoms with E-state index in [-0.39, 0.29) is 19.1 Å². The highest BCUT2D eigenvalue weighted by atomic mass is 79.9. The van der Waals surface area contributed by atoms with Crippen LogP contribution < -0.4 is 5.32 Å². The smallest absolute Gasteiger partial charge is 0.249 e. The summed E-state index contributed by atoms with van der Waals surface area (Å²) in [5.41, 5.74) is 0.653. The molecule has 1 aliphatic rings. The van der Waals surface area contributed by atoms with Crippen molar-refractivity contribution in [2.75, 3.05) is 18.5 Å². The molecule has 0 bridgehead atoms. The van der Waals surface area contributed by atoms with Crippen molar-refractivity contribution in [2.45, 2.75) is 6.92 Å². The third-order valence-corrected chi connectivity index (χ3v) is 3.28. The van der Waals surface area contributed by atoms with Crippen molar-refractivity contribution in [2.24, 2.45) is 5.41 Å². The van der Waals surface area contributed by atoms with E-state index in [9.17, 15) is 4.79 Å². The number of rotatable bonds is 2. The van der Waals surface area contributed by atoms with E-state index in [0.717, 1.165) is 15.7 Å². The van der Waals surface area contributed by atoms with Crippen molar-refractivity contribution < 1.29 is 9.53 Å². The summed E-state index contributed by atoms with van der Waals surface area (Å²) >= 11 is 3.36. The van der Waals surface area contributed by atoms with Crippen LogP contribution >= 0.6 is 15.9 Å². The van der Waals surface area contributed by atoms with Gasteiger partial charge in [-0.3, -0.25) is 4.79 Å². The molecule has 88 valence electrons. The number of amides is 1. The summed E-state index contributed by atoms with van der Waals surface area (Å²) in [5, 5.41) is 11.8. The molecule has 1 saturated heterocycles. The van der Waals surface area contributed by atoms with Crippen molar-refractivity contribution in [3.8, 4) is 6.07 Å². The van der Waals surface area contributed by atoms with Crippen LogP contribution in [-0.2, 0) is 9.53 Å². The first-order chi connectivity index (χ1) is 8.07. The number of benzene rings is 1. The summed E-state index contributed by atoms with van der Waals surface area (Å²) < 4.78 is 5.90. The molecule has 0 aromatic heterocycles. The molecule has 17 heavy (non-hydrogen) atoms. The van der Waals surface area contributed by atoms with Crippen LogP contribution in [0.5, 0.6) is 0 Å². The van der Waals surface area contributed by atoms with E-state index in [1.54, 1.807) is 0 Å². The molecule has 0 aliphatic carbocycles. The first-order valence-electron chi connectivity index (χ1n) is 5.14. The Hall–Kier alpha value is -1.38. The van der Waals surface area contributed by atoms with E-state index in [2.05, 4.69) is 21.2 Å². The van der Waals surface area contributed by atoms with Crippen molar-refractivity contribution in [3.05, 3.63) is 28.2 Å². The number of nitriles is 1. The fourth-order valence-corrected chi connectivity index (χ4v) is 2.04. The largest absolute Gasteiger partial charge is 0.377 e. The van der Waals surface area contributed by atoms with Gasteiger partial charge in [0.2, 0.25) is 5.91 Å². The number of hydrogen-bond donors (Lipinski definition) is 1. The predicted octanol–water partition coefficient (Wildman–Crippen LogP) is 2.24. The number of nitrogens with one attached hydrogen (secondary N) is 1. The standard InChI is InChI=1S/C12H11BrN2O2/c1-8-4-9(13)2-3-10(8)15-11(16)12(5-14)6-17-7-12/h2-4H,6-7H2,1H3,(H,15,16). The molecule has 4 nitrogen and oxygen atoms in total. The Kier molecular flexibility index (Phi) is 3.18. The molecule has 5 heteroatoms. The van der Waals surface area contributed by atoms with Crippen molar-refractivity contribution in [1.82, 2.24) is 0 Å². The minimum atomic E-state index is -1.01. The Bertz CT molecular complexity index is 504. The second kappa shape index (κ2) is 4.47. The summed E-state index contributed by atoms with van der Waals surface area (Å²) in [6.07, 6.45) is 0. The fraction of sp³-hybridized carbons (Fsp3) is 0.333. The lowest BCUT2D eigenvalue weighted by Crippen LogP contribution is -2.50. The van der Waals surface area contributed by atoms with Crippen molar-refractivity contribution in [1.29, 1.82) is 5.26 Å². The van der Waals surface area contributed by atoms with Gasteiger partial charge in [0.15, 0.2) is 5.41 Å². The van der Waals surface area contributed by atoms with E-state index in [1.165, 1.54) is 0 Å². The minimum absolute atomic E-state index is 0.172. The number of carbonyl (C=O) groups excluding carboxylic acids is 1. The van der Waals surface area contributed by atoms with Crippen LogP contribution in [0.4, 0.5) is 5.69 Å². The average molecular weight is 295 g/mol. The Labute approximate surface area is 108 Å². The van der Waals surface area contributed by atoms with Gasteiger partial charge in [0.1, 0.15) is 0 Å². The Morgan fingerprint density at radius 2 is 2.29 bits per heavy atom. The normalized spacial score (nSPS) is 16.8. The molecule has 0 radical (unpaired) electrons. The summed E-state index contributed by atoms with van der Waals surface area (Å²) in [6, 6.07) is 7.58. The Morgan fingerprint density at radius 1 is 1.59 bits per heavy atom. The highest BCUT2D eigenvalue weighted by Gasteiger charge is 2.46. The summed E-state index contributed by atoms with van der Waals surface area (Å²) in [7, 11) is 0. The molecule has 1 amide bonds. The van der Waals surface area contributed by atoms with Crippen LogP contribution in [-0.4, -0.2) is 19.1 Å². The molecule has 1 aromatic rings. The molecule has 0 unspecified atom stereocenters. The molecular formula is C12H11BrN2O2. The number of nitrogens with zero attached hydrogens (tertiary/aromatic N) is 1. The lowest BCUT2D eigenvalue weighted by molar-refractivity contribution is -0.144. The van der Waals surface area contributed by atoms with Gasteiger partial charge in [-0.1, -0.05) is 15.9 Å². The minimum Gasteiger partial charge on any atom is -0.377 e. The van der Waals surface area contributed by atoms with Gasteiger partial charge < -0.3 is 10.1 Å². The van der Waals surface area contributed by atoms with Crippen LogP contribution in [0.15, 0.2) is 22.7 Å². The van der Waals surface area contributed by atoms with Crippen LogP contribution in [0.3, 0.4) is 0 Å². The molecule has 0 saturated carbocycles. The maximum absolute atomic E-state index is 12.0. The molecule has 2 rings (SSSR count). The molecule has 0 atom stereocenters. The van der Waals surface area contributed by atoms with Crippen molar-refractivity contribution in [3.63, 3.8) is 0 Å². The number of ether oxygens (including phenoxy) is 1. The lowest BCUT2D eigenvalue weighted by Gasteiger charge is -2.33. The van der Waals surface area contributed by atoms with Gasteiger partial charge in [0.05, 0.1) is 19.3 Å². The van der Waals surface area contributed by atoms with Crippen LogP contribution in [0.2, 0.25) is 0 Å². The molecule has 1 aliphatic heterocycles. The third-order valence-electron chi connectivity index (χ3n) is 2.78. The van der Waals surface area contributed by atoms with E-state index in [4.69, 9.17) is 10.00 Å². The number of anilines is 1. The van der Waals surface area contributed by atoms with E-state index in [0.29, 0.717) is 0 Å². The first kappa shape index (κ1) is 12.1. The molecule has 1 N–H and O–H groups in total. The lowest BCUT2D eigenvalue weighted by atomic mass is 9.86. The number of aryl methyl sites for hydroxylation is 1.